The lowest BCUT2D eigenvalue weighted by atomic mass is 10.1. The summed E-state index contributed by atoms with van der Waals surface area (Å²) in [6.07, 6.45) is 3.08. The van der Waals surface area contributed by atoms with Gasteiger partial charge in [0.25, 0.3) is 0 Å². The maximum Gasteiger partial charge on any atom is 0.228 e. The average molecular weight is 314 g/mol. The first-order valence-corrected chi connectivity index (χ1v) is 7.59. The van der Waals surface area contributed by atoms with Crippen LogP contribution in [0.3, 0.4) is 0 Å². The summed E-state index contributed by atoms with van der Waals surface area (Å²) in [5.74, 6) is 1.59. The monoisotopic (exact) mass is 314 g/mol. The zero-order chi connectivity index (χ0) is 17.0. The highest BCUT2D eigenvalue weighted by Crippen LogP contribution is 2.28. The van der Waals surface area contributed by atoms with Gasteiger partial charge in [0.2, 0.25) is 5.88 Å². The molecule has 0 spiro atoms. The van der Waals surface area contributed by atoms with E-state index in [2.05, 4.69) is 20.1 Å². The molecule has 0 aliphatic heterocycles. The van der Waals surface area contributed by atoms with Gasteiger partial charge in [0, 0.05) is 18.8 Å². The molecule has 3 aromatic rings. The first-order valence-electron chi connectivity index (χ1n) is 7.59. The minimum atomic E-state index is -0.267. The average Bonchev–Trinajstić information content (AvgIpc) is 2.91. The molecule has 7 heteroatoms. The minimum absolute atomic E-state index is 0.267. The first kappa shape index (κ1) is 16.7. The van der Waals surface area contributed by atoms with Crippen LogP contribution in [0.4, 0.5) is 5.82 Å². The maximum atomic E-state index is 5.96. The Balaban J connectivity index is 0.000000924. The molecule has 0 aromatic carbocycles. The molecule has 3 heterocycles. The number of nitrogens with zero attached hydrogens (tertiary/aromatic N) is 5. The number of fused-ring (bicyclic) bond motifs is 1. The SMILES string of the molecule is CC.Cc1nc(OC(C)c2cccnc2N)c2cnn(C)c2n1. The Kier molecular flexibility index (Phi) is 5.10. The zero-order valence-electron chi connectivity index (χ0n) is 14.1. The van der Waals surface area contributed by atoms with E-state index in [4.69, 9.17) is 10.5 Å². The quantitative estimate of drug-likeness (QED) is 0.799. The van der Waals surface area contributed by atoms with Gasteiger partial charge in [-0.15, -0.1) is 0 Å². The van der Waals surface area contributed by atoms with Crippen molar-refractivity contribution in [1.29, 1.82) is 0 Å². The van der Waals surface area contributed by atoms with Crippen LogP contribution in [0.15, 0.2) is 24.5 Å². The third-order valence-electron chi connectivity index (χ3n) is 3.27. The highest BCUT2D eigenvalue weighted by molar-refractivity contribution is 5.80. The third kappa shape index (κ3) is 3.39. The van der Waals surface area contributed by atoms with E-state index in [0.717, 1.165) is 16.6 Å². The van der Waals surface area contributed by atoms with Crippen molar-refractivity contribution >= 4 is 16.9 Å². The molecule has 1 atom stereocenters. The summed E-state index contributed by atoms with van der Waals surface area (Å²) in [5.41, 5.74) is 7.45. The Morgan fingerprint density at radius 1 is 1.26 bits per heavy atom. The number of ether oxygens (including phenoxy) is 1. The molecular weight excluding hydrogens is 292 g/mol. The van der Waals surface area contributed by atoms with Gasteiger partial charge < -0.3 is 10.5 Å². The topological polar surface area (TPSA) is 91.7 Å². The summed E-state index contributed by atoms with van der Waals surface area (Å²) in [5, 5.41) is 4.97. The molecule has 0 bridgehead atoms. The number of nitrogens with two attached hydrogens (primary N) is 1. The highest BCUT2D eigenvalue weighted by Gasteiger charge is 2.16. The Labute approximate surface area is 135 Å². The second-order valence-electron chi connectivity index (χ2n) is 4.82. The Hall–Kier alpha value is -2.70. The third-order valence-corrected chi connectivity index (χ3v) is 3.27. The molecule has 0 saturated carbocycles. The van der Waals surface area contributed by atoms with E-state index in [-0.39, 0.29) is 6.10 Å². The maximum absolute atomic E-state index is 5.96. The predicted molar refractivity (Wildman–Crippen MR) is 90.1 cm³/mol. The van der Waals surface area contributed by atoms with Gasteiger partial charge in [-0.25, -0.2) is 9.97 Å². The summed E-state index contributed by atoms with van der Waals surface area (Å²) < 4.78 is 7.66. The molecule has 3 aromatic heterocycles. The van der Waals surface area contributed by atoms with Crippen molar-refractivity contribution in [3.05, 3.63) is 35.9 Å². The van der Waals surface area contributed by atoms with Crippen LogP contribution in [0.5, 0.6) is 5.88 Å². The lowest BCUT2D eigenvalue weighted by Crippen LogP contribution is -2.09. The normalized spacial score (nSPS) is 11.7. The van der Waals surface area contributed by atoms with E-state index in [0.29, 0.717) is 17.5 Å². The number of aromatic nitrogens is 5. The van der Waals surface area contributed by atoms with E-state index in [1.165, 1.54) is 0 Å². The summed E-state index contributed by atoms with van der Waals surface area (Å²) in [6, 6.07) is 3.72. The number of nitrogen functional groups attached to an aromatic ring is 1. The van der Waals surface area contributed by atoms with Crippen molar-refractivity contribution < 1.29 is 4.74 Å². The number of aryl methyl sites for hydroxylation is 2. The highest BCUT2D eigenvalue weighted by atomic mass is 16.5. The number of hydrogen-bond acceptors (Lipinski definition) is 6. The standard InChI is InChI=1S/C14H16N6O.C2H6/c1-8(10-5-4-6-16-12(10)15)21-14-11-7-17-20(3)13(11)18-9(2)19-14;1-2/h4-8H,1-3H3,(H2,15,16);1-2H3. The molecular formula is C16H22N6O. The molecule has 0 aliphatic carbocycles. The molecule has 0 aliphatic rings. The fourth-order valence-corrected chi connectivity index (χ4v) is 2.19. The minimum Gasteiger partial charge on any atom is -0.469 e. The van der Waals surface area contributed by atoms with Crippen LogP contribution in [0.2, 0.25) is 0 Å². The molecule has 0 saturated heterocycles. The van der Waals surface area contributed by atoms with Crippen LogP contribution in [-0.2, 0) is 7.05 Å². The van der Waals surface area contributed by atoms with Gasteiger partial charge >= 0.3 is 0 Å². The molecule has 23 heavy (non-hydrogen) atoms. The van der Waals surface area contributed by atoms with Crippen LogP contribution in [0.1, 0.15) is 38.3 Å². The number of rotatable bonds is 3. The predicted octanol–water partition coefficient (Wildman–Crippen LogP) is 2.82. The number of hydrogen-bond donors (Lipinski definition) is 1. The molecule has 1 unspecified atom stereocenters. The van der Waals surface area contributed by atoms with E-state index in [1.807, 2.05) is 46.9 Å². The number of pyridine rings is 1. The van der Waals surface area contributed by atoms with E-state index in [9.17, 15) is 0 Å². The van der Waals surface area contributed by atoms with Crippen LogP contribution in [0, 0.1) is 6.92 Å². The molecule has 3 rings (SSSR count). The van der Waals surface area contributed by atoms with E-state index < -0.39 is 0 Å². The van der Waals surface area contributed by atoms with Gasteiger partial charge in [0.15, 0.2) is 5.65 Å². The molecule has 0 radical (unpaired) electrons. The fourth-order valence-electron chi connectivity index (χ4n) is 2.19. The molecule has 0 fully saturated rings. The largest absolute Gasteiger partial charge is 0.469 e. The smallest absolute Gasteiger partial charge is 0.228 e. The van der Waals surface area contributed by atoms with Gasteiger partial charge in [-0.1, -0.05) is 19.9 Å². The Morgan fingerprint density at radius 3 is 2.70 bits per heavy atom. The molecule has 0 amide bonds. The molecule has 2 N–H and O–H groups in total. The lowest BCUT2D eigenvalue weighted by molar-refractivity contribution is 0.220. The summed E-state index contributed by atoms with van der Waals surface area (Å²) in [6.45, 7) is 7.73. The molecule has 122 valence electrons. The second-order valence-corrected chi connectivity index (χ2v) is 4.82. The number of anilines is 1. The van der Waals surface area contributed by atoms with Gasteiger partial charge in [0.1, 0.15) is 23.1 Å². The fraction of sp³-hybridized carbons (Fsp3) is 0.375. The van der Waals surface area contributed by atoms with Crippen LogP contribution in [-0.4, -0.2) is 24.7 Å². The Morgan fingerprint density at radius 2 is 2.00 bits per heavy atom. The lowest BCUT2D eigenvalue weighted by Gasteiger charge is -2.16. The summed E-state index contributed by atoms with van der Waals surface area (Å²) in [4.78, 5) is 12.8. The van der Waals surface area contributed by atoms with Crippen molar-refractivity contribution in [3.8, 4) is 5.88 Å². The van der Waals surface area contributed by atoms with Crippen molar-refractivity contribution in [2.45, 2.75) is 33.8 Å². The van der Waals surface area contributed by atoms with E-state index in [1.54, 1.807) is 17.1 Å². The van der Waals surface area contributed by atoms with Crippen LogP contribution < -0.4 is 10.5 Å². The zero-order valence-corrected chi connectivity index (χ0v) is 14.1. The van der Waals surface area contributed by atoms with Crippen molar-refractivity contribution in [1.82, 2.24) is 24.7 Å². The summed E-state index contributed by atoms with van der Waals surface area (Å²) >= 11 is 0. The first-order chi connectivity index (χ1) is 11.1. The van der Waals surface area contributed by atoms with Gasteiger partial charge in [0.05, 0.1) is 6.20 Å². The van der Waals surface area contributed by atoms with Crippen LogP contribution in [0.25, 0.3) is 11.0 Å². The second kappa shape index (κ2) is 7.04. The van der Waals surface area contributed by atoms with Gasteiger partial charge in [-0.2, -0.15) is 10.1 Å². The van der Waals surface area contributed by atoms with Crippen molar-refractivity contribution in [2.24, 2.45) is 7.05 Å². The van der Waals surface area contributed by atoms with Gasteiger partial charge in [-0.3, -0.25) is 4.68 Å². The van der Waals surface area contributed by atoms with Crippen molar-refractivity contribution in [3.63, 3.8) is 0 Å². The van der Waals surface area contributed by atoms with Gasteiger partial charge in [-0.05, 0) is 19.9 Å². The Bertz CT molecular complexity index is 798. The van der Waals surface area contributed by atoms with Crippen LogP contribution >= 0.6 is 0 Å². The van der Waals surface area contributed by atoms with Crippen molar-refractivity contribution in [2.75, 3.05) is 5.73 Å². The summed E-state index contributed by atoms with van der Waals surface area (Å²) in [7, 11) is 1.83. The molecule has 7 nitrogen and oxygen atoms in total. The van der Waals surface area contributed by atoms with E-state index >= 15 is 0 Å².